The molecule has 2 aromatic carbocycles. The van der Waals surface area contributed by atoms with Crippen molar-refractivity contribution < 1.29 is 0 Å². The summed E-state index contributed by atoms with van der Waals surface area (Å²) in [7, 11) is 0. The van der Waals surface area contributed by atoms with Crippen molar-refractivity contribution in [2.45, 2.75) is 52.5 Å². The van der Waals surface area contributed by atoms with E-state index >= 15 is 0 Å². The lowest BCUT2D eigenvalue weighted by Crippen LogP contribution is -2.32. The van der Waals surface area contributed by atoms with Crippen LogP contribution >= 0.6 is 12.2 Å². The molecule has 0 radical (unpaired) electrons. The Labute approximate surface area is 151 Å². The van der Waals surface area contributed by atoms with E-state index in [0.29, 0.717) is 11.0 Å². The van der Waals surface area contributed by atoms with Crippen LogP contribution in [0.1, 0.15) is 62.3 Å². The molecule has 0 bridgehead atoms. The topological polar surface area (TPSA) is 24.1 Å². The first-order chi connectivity index (χ1) is 11.5. The summed E-state index contributed by atoms with van der Waals surface area (Å²) in [6.07, 6.45) is 2.15. The van der Waals surface area contributed by atoms with Gasteiger partial charge in [0.05, 0.1) is 6.04 Å². The van der Waals surface area contributed by atoms with Crippen LogP contribution in [0.15, 0.2) is 48.5 Å². The highest BCUT2D eigenvalue weighted by atomic mass is 32.1. The molecule has 3 heteroatoms. The van der Waals surface area contributed by atoms with Crippen LogP contribution < -0.4 is 10.6 Å². The van der Waals surface area contributed by atoms with Gasteiger partial charge in [-0.2, -0.15) is 0 Å². The van der Waals surface area contributed by atoms with Crippen molar-refractivity contribution in [3.05, 3.63) is 65.2 Å². The summed E-state index contributed by atoms with van der Waals surface area (Å²) in [4.78, 5) is 0. The smallest absolute Gasteiger partial charge is 0.171 e. The Bertz CT molecular complexity index is 664. The molecule has 2 aromatic rings. The Hall–Kier alpha value is -1.87. The molecular weight excluding hydrogens is 312 g/mol. The largest absolute Gasteiger partial charge is 0.356 e. The summed E-state index contributed by atoms with van der Waals surface area (Å²) < 4.78 is 0. The predicted molar refractivity (Wildman–Crippen MR) is 109 cm³/mol. The van der Waals surface area contributed by atoms with Crippen molar-refractivity contribution in [2.24, 2.45) is 0 Å². The molecule has 128 valence electrons. The highest BCUT2D eigenvalue weighted by Gasteiger charge is 2.11. The second-order valence-corrected chi connectivity index (χ2v) is 6.81. The quantitative estimate of drug-likeness (QED) is 0.636. The molecule has 0 aliphatic carbocycles. The molecule has 0 heterocycles. The van der Waals surface area contributed by atoms with E-state index in [-0.39, 0.29) is 6.04 Å². The lowest BCUT2D eigenvalue weighted by atomic mass is 9.95. The standard InChI is InChI=1S/C21H28N2S/c1-5-16(4)17-10-12-18(13-11-17)20(6-2)23-21(24)22-19-9-7-8-15(3)14-19/h7-14,16,20H,5-6H2,1-4H3,(H2,22,23,24). The van der Waals surface area contributed by atoms with Crippen molar-refractivity contribution in [2.75, 3.05) is 5.32 Å². The number of anilines is 1. The van der Waals surface area contributed by atoms with Gasteiger partial charge in [-0.25, -0.2) is 0 Å². The van der Waals surface area contributed by atoms with Crippen molar-refractivity contribution in [1.29, 1.82) is 0 Å². The molecule has 0 fully saturated rings. The molecule has 2 atom stereocenters. The molecule has 0 spiro atoms. The normalized spacial score (nSPS) is 13.2. The highest BCUT2D eigenvalue weighted by Crippen LogP contribution is 2.23. The second-order valence-electron chi connectivity index (χ2n) is 6.40. The number of hydrogen-bond donors (Lipinski definition) is 2. The first-order valence-corrected chi connectivity index (χ1v) is 9.18. The Morgan fingerprint density at radius 1 is 1.00 bits per heavy atom. The van der Waals surface area contributed by atoms with Crippen molar-refractivity contribution >= 4 is 23.0 Å². The number of thiocarbonyl (C=S) groups is 1. The highest BCUT2D eigenvalue weighted by molar-refractivity contribution is 7.80. The minimum atomic E-state index is 0.223. The average molecular weight is 341 g/mol. The van der Waals surface area contributed by atoms with Gasteiger partial charge in [0.2, 0.25) is 0 Å². The molecular formula is C21H28N2S. The Balaban J connectivity index is 2.01. The molecule has 2 N–H and O–H groups in total. The van der Waals surface area contributed by atoms with Crippen LogP contribution in [0.2, 0.25) is 0 Å². The summed E-state index contributed by atoms with van der Waals surface area (Å²) in [5, 5.41) is 7.38. The van der Waals surface area contributed by atoms with Crippen molar-refractivity contribution in [3.8, 4) is 0 Å². The van der Waals surface area contributed by atoms with E-state index in [9.17, 15) is 0 Å². The molecule has 0 amide bonds. The summed E-state index contributed by atoms with van der Waals surface area (Å²) in [5.74, 6) is 0.608. The molecule has 24 heavy (non-hydrogen) atoms. The fourth-order valence-electron chi connectivity index (χ4n) is 2.76. The van der Waals surface area contributed by atoms with Gasteiger partial charge in [0.1, 0.15) is 0 Å². The van der Waals surface area contributed by atoms with E-state index in [0.717, 1.165) is 12.1 Å². The van der Waals surface area contributed by atoms with Gasteiger partial charge < -0.3 is 10.6 Å². The fourth-order valence-corrected chi connectivity index (χ4v) is 3.02. The van der Waals surface area contributed by atoms with Gasteiger partial charge in [-0.1, -0.05) is 57.2 Å². The van der Waals surface area contributed by atoms with Crippen LogP contribution in [0.3, 0.4) is 0 Å². The van der Waals surface area contributed by atoms with Gasteiger partial charge in [-0.3, -0.25) is 0 Å². The summed E-state index contributed by atoms with van der Waals surface area (Å²) in [5.41, 5.74) is 4.92. The summed E-state index contributed by atoms with van der Waals surface area (Å²) in [6.45, 7) is 8.75. The minimum Gasteiger partial charge on any atom is -0.356 e. The molecule has 0 aromatic heterocycles. The zero-order valence-electron chi connectivity index (χ0n) is 15.1. The molecule has 0 aliphatic heterocycles. The third kappa shape index (κ3) is 5.07. The lowest BCUT2D eigenvalue weighted by molar-refractivity contribution is 0.628. The van der Waals surface area contributed by atoms with Crippen LogP contribution in [-0.4, -0.2) is 5.11 Å². The number of benzene rings is 2. The van der Waals surface area contributed by atoms with Crippen molar-refractivity contribution in [3.63, 3.8) is 0 Å². The van der Waals surface area contributed by atoms with Gasteiger partial charge in [0.15, 0.2) is 5.11 Å². The predicted octanol–water partition coefficient (Wildman–Crippen LogP) is 5.95. The van der Waals surface area contributed by atoms with Crippen LogP contribution in [0.25, 0.3) is 0 Å². The molecule has 0 saturated heterocycles. The first-order valence-electron chi connectivity index (χ1n) is 8.77. The number of nitrogens with one attached hydrogen (secondary N) is 2. The number of hydrogen-bond acceptors (Lipinski definition) is 1. The Morgan fingerprint density at radius 3 is 2.25 bits per heavy atom. The lowest BCUT2D eigenvalue weighted by Gasteiger charge is -2.21. The van der Waals surface area contributed by atoms with E-state index < -0.39 is 0 Å². The fraction of sp³-hybridized carbons (Fsp3) is 0.381. The van der Waals surface area contributed by atoms with Gasteiger partial charge in [0.25, 0.3) is 0 Å². The van der Waals surface area contributed by atoms with Crippen LogP contribution in [-0.2, 0) is 0 Å². The van der Waals surface area contributed by atoms with Gasteiger partial charge >= 0.3 is 0 Å². The summed E-state index contributed by atoms with van der Waals surface area (Å²) in [6, 6.07) is 17.4. The van der Waals surface area contributed by atoms with E-state index in [1.807, 2.05) is 12.1 Å². The molecule has 0 saturated carbocycles. The minimum absolute atomic E-state index is 0.223. The summed E-state index contributed by atoms with van der Waals surface area (Å²) >= 11 is 5.49. The molecule has 2 unspecified atom stereocenters. The molecule has 2 nitrogen and oxygen atoms in total. The zero-order chi connectivity index (χ0) is 17.5. The Kier molecular flexibility index (Phi) is 6.80. The monoisotopic (exact) mass is 340 g/mol. The third-order valence-corrected chi connectivity index (χ3v) is 4.73. The SMILES string of the molecule is CCC(C)c1ccc(C(CC)NC(=S)Nc2cccc(C)c2)cc1. The second kappa shape index (κ2) is 8.84. The van der Waals surface area contributed by atoms with Crippen LogP contribution in [0.5, 0.6) is 0 Å². The molecule has 0 aliphatic rings. The average Bonchev–Trinajstić information content (AvgIpc) is 2.59. The van der Waals surface area contributed by atoms with E-state index in [4.69, 9.17) is 12.2 Å². The van der Waals surface area contributed by atoms with Gasteiger partial charge in [-0.15, -0.1) is 0 Å². The van der Waals surface area contributed by atoms with Crippen LogP contribution in [0.4, 0.5) is 5.69 Å². The maximum Gasteiger partial charge on any atom is 0.171 e. The van der Waals surface area contributed by atoms with Crippen LogP contribution in [0, 0.1) is 6.92 Å². The zero-order valence-corrected chi connectivity index (χ0v) is 15.9. The molecule has 2 rings (SSSR count). The van der Waals surface area contributed by atoms with E-state index in [1.165, 1.54) is 23.1 Å². The van der Waals surface area contributed by atoms with Gasteiger partial charge in [-0.05, 0) is 66.7 Å². The number of aryl methyl sites for hydroxylation is 1. The van der Waals surface area contributed by atoms with E-state index in [1.54, 1.807) is 0 Å². The maximum atomic E-state index is 5.49. The number of rotatable bonds is 6. The van der Waals surface area contributed by atoms with E-state index in [2.05, 4.69) is 74.7 Å². The first kappa shape index (κ1) is 18.5. The maximum absolute atomic E-state index is 5.49. The third-order valence-electron chi connectivity index (χ3n) is 4.51. The Morgan fingerprint density at radius 2 is 1.67 bits per heavy atom. The van der Waals surface area contributed by atoms with Crippen molar-refractivity contribution in [1.82, 2.24) is 5.32 Å². The van der Waals surface area contributed by atoms with Gasteiger partial charge in [0, 0.05) is 5.69 Å².